The molecule has 0 bridgehead atoms. The van der Waals surface area contributed by atoms with Crippen molar-refractivity contribution in [1.29, 1.82) is 0 Å². The van der Waals surface area contributed by atoms with Gasteiger partial charge < -0.3 is 10.6 Å². The number of nitro benzene ring substituents is 1. The summed E-state index contributed by atoms with van der Waals surface area (Å²) < 4.78 is 1.71. The molecule has 0 aliphatic rings. The van der Waals surface area contributed by atoms with Crippen LogP contribution in [0, 0.1) is 10.1 Å². The lowest BCUT2D eigenvalue weighted by Gasteiger charge is -2.06. The summed E-state index contributed by atoms with van der Waals surface area (Å²) in [7, 11) is 0. The Labute approximate surface area is 190 Å². The molecule has 0 aliphatic carbocycles. The second-order valence-electron chi connectivity index (χ2n) is 6.63. The van der Waals surface area contributed by atoms with E-state index in [4.69, 9.17) is 11.6 Å². The Morgan fingerprint density at radius 1 is 1.09 bits per heavy atom. The number of nitrogens with one attached hydrogen (secondary N) is 2. The molecule has 0 aliphatic heterocycles. The predicted octanol–water partition coefficient (Wildman–Crippen LogP) is 3.32. The molecule has 0 unspecified atom stereocenters. The number of halogens is 1. The number of amides is 2. The quantitative estimate of drug-likeness (QED) is 0.252. The first-order chi connectivity index (χ1) is 15.4. The van der Waals surface area contributed by atoms with Crippen LogP contribution in [-0.4, -0.2) is 37.9 Å². The standard InChI is InChI=1S/C20H15ClN6O4S/c21-13-3-1-12(2-4-13)17-24-20-26(25-17)16(11-32-20)9-10-22-18(28)19(29)23-14-5-7-15(8-6-14)27(30)31/h1-8,11H,9-10H2,(H,22,28)(H,23,29). The number of thiazole rings is 1. The van der Waals surface area contributed by atoms with Crippen LogP contribution in [-0.2, 0) is 16.0 Å². The van der Waals surface area contributed by atoms with Gasteiger partial charge in [-0.15, -0.1) is 16.4 Å². The van der Waals surface area contributed by atoms with Crippen molar-refractivity contribution < 1.29 is 14.5 Å². The predicted molar refractivity (Wildman–Crippen MR) is 120 cm³/mol. The maximum Gasteiger partial charge on any atom is 0.313 e. The molecule has 2 amide bonds. The summed E-state index contributed by atoms with van der Waals surface area (Å²) in [5, 5.41) is 22.6. The summed E-state index contributed by atoms with van der Waals surface area (Å²) in [5.74, 6) is -1.10. The number of nitro groups is 1. The van der Waals surface area contributed by atoms with Gasteiger partial charge in [0.25, 0.3) is 5.69 Å². The molecule has 32 heavy (non-hydrogen) atoms. The summed E-state index contributed by atoms with van der Waals surface area (Å²) in [6.07, 6.45) is 0.444. The van der Waals surface area contributed by atoms with Crippen molar-refractivity contribution in [2.45, 2.75) is 6.42 Å². The number of anilines is 1. The van der Waals surface area contributed by atoms with Crippen LogP contribution in [0.3, 0.4) is 0 Å². The van der Waals surface area contributed by atoms with Crippen LogP contribution >= 0.6 is 22.9 Å². The van der Waals surface area contributed by atoms with Gasteiger partial charge in [0.1, 0.15) is 0 Å². The van der Waals surface area contributed by atoms with Gasteiger partial charge in [0.15, 0.2) is 5.82 Å². The van der Waals surface area contributed by atoms with Gasteiger partial charge in [-0.3, -0.25) is 19.7 Å². The Bertz CT molecular complexity index is 1300. The number of hydrogen-bond acceptors (Lipinski definition) is 7. The maximum absolute atomic E-state index is 12.1. The third-order valence-corrected chi connectivity index (χ3v) is 5.58. The van der Waals surface area contributed by atoms with Crippen molar-refractivity contribution in [3.05, 3.63) is 74.7 Å². The fraction of sp³-hybridized carbons (Fsp3) is 0.100. The van der Waals surface area contributed by atoms with Crippen LogP contribution in [0.2, 0.25) is 5.02 Å². The fourth-order valence-electron chi connectivity index (χ4n) is 2.86. The lowest BCUT2D eigenvalue weighted by atomic mass is 10.2. The molecule has 4 aromatic rings. The van der Waals surface area contributed by atoms with Gasteiger partial charge in [0.05, 0.1) is 10.6 Å². The van der Waals surface area contributed by atoms with E-state index in [1.165, 1.54) is 35.6 Å². The SMILES string of the molecule is O=C(NCCc1csc2nc(-c3ccc(Cl)cc3)nn12)C(=O)Nc1ccc([N+](=O)[O-])cc1. The third-order valence-electron chi connectivity index (χ3n) is 4.46. The van der Waals surface area contributed by atoms with Gasteiger partial charge in [-0.05, 0) is 36.4 Å². The Morgan fingerprint density at radius 3 is 2.50 bits per heavy atom. The molecule has 0 fully saturated rings. The first kappa shape index (κ1) is 21.4. The average Bonchev–Trinajstić information content (AvgIpc) is 3.36. The minimum absolute atomic E-state index is 0.109. The Balaban J connectivity index is 1.33. The van der Waals surface area contributed by atoms with Crippen LogP contribution in [0.25, 0.3) is 16.3 Å². The van der Waals surface area contributed by atoms with Crippen LogP contribution in [0.15, 0.2) is 53.9 Å². The lowest BCUT2D eigenvalue weighted by molar-refractivity contribution is -0.384. The first-order valence-corrected chi connectivity index (χ1v) is 10.6. The lowest BCUT2D eigenvalue weighted by Crippen LogP contribution is -2.36. The highest BCUT2D eigenvalue weighted by atomic mass is 35.5. The molecule has 162 valence electrons. The minimum atomic E-state index is -0.861. The van der Waals surface area contributed by atoms with Crippen molar-refractivity contribution in [3.63, 3.8) is 0 Å². The largest absolute Gasteiger partial charge is 0.347 e. The molecule has 0 atom stereocenters. The van der Waals surface area contributed by atoms with E-state index in [0.29, 0.717) is 22.2 Å². The number of aromatic nitrogens is 3. The third kappa shape index (κ3) is 4.74. The van der Waals surface area contributed by atoms with Crippen molar-refractivity contribution in [2.24, 2.45) is 0 Å². The molecule has 2 heterocycles. The summed E-state index contributed by atoms with van der Waals surface area (Å²) in [6, 6.07) is 12.4. The molecule has 0 saturated carbocycles. The van der Waals surface area contributed by atoms with E-state index in [9.17, 15) is 19.7 Å². The van der Waals surface area contributed by atoms with E-state index in [2.05, 4.69) is 20.7 Å². The topological polar surface area (TPSA) is 132 Å². The number of hydrogen-bond donors (Lipinski definition) is 2. The first-order valence-electron chi connectivity index (χ1n) is 9.33. The van der Waals surface area contributed by atoms with Gasteiger partial charge >= 0.3 is 11.8 Å². The molecule has 0 spiro atoms. The van der Waals surface area contributed by atoms with Gasteiger partial charge in [-0.25, -0.2) is 4.52 Å². The highest BCUT2D eigenvalue weighted by molar-refractivity contribution is 7.15. The molecule has 10 nitrogen and oxygen atoms in total. The smallest absolute Gasteiger partial charge is 0.313 e. The number of fused-ring (bicyclic) bond motifs is 1. The van der Waals surface area contributed by atoms with Crippen molar-refractivity contribution in [3.8, 4) is 11.4 Å². The van der Waals surface area contributed by atoms with Crippen molar-refractivity contribution in [1.82, 2.24) is 19.9 Å². The molecule has 2 aromatic heterocycles. The highest BCUT2D eigenvalue weighted by Gasteiger charge is 2.15. The van der Waals surface area contributed by atoms with Crippen LogP contribution in [0.5, 0.6) is 0 Å². The maximum atomic E-state index is 12.1. The molecular formula is C20H15ClN6O4S. The monoisotopic (exact) mass is 470 g/mol. The number of nitrogens with zero attached hydrogens (tertiary/aromatic N) is 4. The second-order valence-corrected chi connectivity index (χ2v) is 7.90. The van der Waals surface area contributed by atoms with E-state index < -0.39 is 16.7 Å². The van der Waals surface area contributed by atoms with Crippen molar-refractivity contribution >= 4 is 51.1 Å². The number of rotatable bonds is 6. The molecule has 12 heteroatoms. The van der Waals surface area contributed by atoms with Gasteiger partial charge in [0.2, 0.25) is 4.96 Å². The van der Waals surface area contributed by atoms with Gasteiger partial charge in [0, 0.05) is 46.8 Å². The van der Waals surface area contributed by atoms with E-state index in [-0.39, 0.29) is 17.9 Å². The van der Waals surface area contributed by atoms with Gasteiger partial charge in [-0.1, -0.05) is 11.6 Å². The molecule has 0 radical (unpaired) electrons. The van der Waals surface area contributed by atoms with E-state index >= 15 is 0 Å². The Morgan fingerprint density at radius 2 is 1.81 bits per heavy atom. The number of non-ortho nitro benzene ring substituents is 1. The zero-order valence-corrected chi connectivity index (χ0v) is 17.9. The van der Waals surface area contributed by atoms with Gasteiger partial charge in [-0.2, -0.15) is 4.98 Å². The minimum Gasteiger partial charge on any atom is -0.347 e. The molecule has 2 aromatic carbocycles. The molecule has 0 saturated heterocycles. The van der Waals surface area contributed by atoms with Crippen LogP contribution in [0.4, 0.5) is 11.4 Å². The zero-order valence-electron chi connectivity index (χ0n) is 16.3. The fourth-order valence-corrected chi connectivity index (χ4v) is 3.84. The van der Waals surface area contributed by atoms with E-state index in [0.717, 1.165) is 11.3 Å². The highest BCUT2D eigenvalue weighted by Crippen LogP contribution is 2.22. The second kappa shape index (κ2) is 9.12. The number of carbonyl (C=O) groups excluding carboxylic acids is 2. The molecule has 2 N–H and O–H groups in total. The summed E-state index contributed by atoms with van der Waals surface area (Å²) in [4.78, 5) is 39.4. The zero-order chi connectivity index (χ0) is 22.7. The molecular weight excluding hydrogens is 456 g/mol. The van der Waals surface area contributed by atoms with E-state index in [1.807, 2.05) is 17.5 Å². The summed E-state index contributed by atoms with van der Waals surface area (Å²) >= 11 is 7.34. The number of benzene rings is 2. The van der Waals surface area contributed by atoms with Crippen molar-refractivity contribution in [2.75, 3.05) is 11.9 Å². The number of carbonyl (C=O) groups is 2. The van der Waals surface area contributed by atoms with Crippen LogP contribution < -0.4 is 10.6 Å². The summed E-state index contributed by atoms with van der Waals surface area (Å²) in [5.41, 5.74) is 1.86. The van der Waals surface area contributed by atoms with E-state index in [1.54, 1.807) is 16.6 Å². The Kier molecular flexibility index (Phi) is 6.10. The summed E-state index contributed by atoms with van der Waals surface area (Å²) in [6.45, 7) is 0.217. The molecule has 4 rings (SSSR count). The normalized spacial score (nSPS) is 10.8. The van der Waals surface area contributed by atoms with Crippen LogP contribution in [0.1, 0.15) is 5.69 Å². The average molecular weight is 471 g/mol. The Hall–Kier alpha value is -3.83.